The summed E-state index contributed by atoms with van der Waals surface area (Å²) in [4.78, 5) is 0.196. The lowest BCUT2D eigenvalue weighted by atomic mass is 10.0. The Labute approximate surface area is 189 Å². The first-order valence-electron chi connectivity index (χ1n) is 10.8. The molecular weight excluding hydrogens is 451 g/mol. The minimum atomic E-state index is -3.75. The van der Waals surface area contributed by atoms with Crippen molar-refractivity contribution in [1.82, 2.24) is 8.61 Å². The maximum absolute atomic E-state index is 13.1. The van der Waals surface area contributed by atoms with Gasteiger partial charge < -0.3 is 0 Å². The van der Waals surface area contributed by atoms with Gasteiger partial charge in [0.05, 0.1) is 9.79 Å². The van der Waals surface area contributed by atoms with E-state index >= 15 is 0 Å². The van der Waals surface area contributed by atoms with Gasteiger partial charge in [-0.3, -0.25) is 0 Å². The highest BCUT2D eigenvalue weighted by atomic mass is 32.2. The second-order valence-corrected chi connectivity index (χ2v) is 12.0. The first-order chi connectivity index (χ1) is 15.3. The molecule has 0 aliphatic carbocycles. The molecule has 9 heteroatoms. The Morgan fingerprint density at radius 2 is 1.19 bits per heavy atom. The quantitative estimate of drug-likeness (QED) is 0.654. The monoisotopic (exact) mass is 478 g/mol. The van der Waals surface area contributed by atoms with E-state index in [-0.39, 0.29) is 22.2 Å². The smallest absolute Gasteiger partial charge is 0.207 e. The Morgan fingerprint density at radius 3 is 1.69 bits per heavy atom. The molecule has 4 rings (SSSR count). The van der Waals surface area contributed by atoms with Crippen LogP contribution in [-0.2, 0) is 20.0 Å². The number of nitrogens with zero attached hydrogens (tertiary/aromatic N) is 2. The average molecular weight is 479 g/mol. The first kappa shape index (κ1) is 23.1. The van der Waals surface area contributed by atoms with Gasteiger partial charge in [0, 0.05) is 26.2 Å². The molecule has 2 aromatic rings. The lowest BCUT2D eigenvalue weighted by Crippen LogP contribution is -2.35. The summed E-state index contributed by atoms with van der Waals surface area (Å²) >= 11 is 0. The van der Waals surface area contributed by atoms with Crippen molar-refractivity contribution in [2.24, 2.45) is 0 Å². The fraction of sp³-hybridized carbons (Fsp3) is 0.391. The molecule has 0 unspecified atom stereocenters. The number of hydrogen-bond donors (Lipinski definition) is 0. The van der Waals surface area contributed by atoms with Crippen LogP contribution in [0.4, 0.5) is 4.39 Å². The number of halogens is 1. The van der Waals surface area contributed by atoms with E-state index in [1.54, 1.807) is 12.1 Å². The molecule has 1 saturated heterocycles. The van der Waals surface area contributed by atoms with Crippen LogP contribution in [0.2, 0.25) is 0 Å². The van der Waals surface area contributed by atoms with Crippen molar-refractivity contribution in [3.8, 4) is 0 Å². The summed E-state index contributed by atoms with van der Waals surface area (Å²) in [5.41, 5.74) is 1.86. The molecule has 2 heterocycles. The van der Waals surface area contributed by atoms with Crippen LogP contribution >= 0.6 is 0 Å². The molecule has 1 fully saturated rings. The van der Waals surface area contributed by atoms with E-state index in [9.17, 15) is 21.2 Å². The largest absolute Gasteiger partial charge is 0.243 e. The molecule has 2 aromatic carbocycles. The van der Waals surface area contributed by atoms with Gasteiger partial charge in [-0.1, -0.05) is 31.1 Å². The molecular formula is C23H27FN2O4S2. The first-order valence-corrected chi connectivity index (χ1v) is 13.7. The Bertz CT molecular complexity index is 1180. The van der Waals surface area contributed by atoms with Gasteiger partial charge in [-0.25, -0.2) is 21.2 Å². The van der Waals surface area contributed by atoms with Crippen molar-refractivity contribution >= 4 is 25.6 Å². The third-order valence-corrected chi connectivity index (χ3v) is 9.84. The number of rotatable bonds is 5. The molecule has 0 bridgehead atoms. The van der Waals surface area contributed by atoms with Gasteiger partial charge in [0.25, 0.3) is 0 Å². The van der Waals surface area contributed by atoms with E-state index in [1.807, 2.05) is 6.08 Å². The minimum Gasteiger partial charge on any atom is -0.207 e. The van der Waals surface area contributed by atoms with Gasteiger partial charge in [-0.2, -0.15) is 8.61 Å². The molecule has 0 aromatic heterocycles. The molecule has 0 radical (unpaired) electrons. The fourth-order valence-corrected chi connectivity index (χ4v) is 7.06. The van der Waals surface area contributed by atoms with Crippen LogP contribution in [0.1, 0.15) is 37.7 Å². The molecule has 0 atom stereocenters. The second kappa shape index (κ2) is 9.43. The van der Waals surface area contributed by atoms with Crippen LogP contribution in [0.15, 0.2) is 64.4 Å². The van der Waals surface area contributed by atoms with E-state index in [0.717, 1.165) is 36.8 Å². The molecule has 0 spiro atoms. The van der Waals surface area contributed by atoms with Crippen LogP contribution in [-0.4, -0.2) is 51.6 Å². The van der Waals surface area contributed by atoms with Crippen LogP contribution < -0.4 is 0 Å². The van der Waals surface area contributed by atoms with Crippen LogP contribution in [0, 0.1) is 5.82 Å². The van der Waals surface area contributed by atoms with Gasteiger partial charge >= 0.3 is 0 Å². The SMILES string of the molecule is O=S(=O)(c1ccc(S(=O)(=O)N2CCCCCC2)cc1)N1CC=C(c2ccc(F)cc2)CC1. The minimum absolute atomic E-state index is 0.0750. The highest BCUT2D eigenvalue weighted by Crippen LogP contribution is 2.27. The van der Waals surface area contributed by atoms with Crippen LogP contribution in [0.5, 0.6) is 0 Å². The topological polar surface area (TPSA) is 74.8 Å². The lowest BCUT2D eigenvalue weighted by Gasteiger charge is -2.26. The zero-order chi connectivity index (χ0) is 22.8. The van der Waals surface area contributed by atoms with Crippen molar-refractivity contribution in [2.75, 3.05) is 26.2 Å². The number of benzene rings is 2. The van der Waals surface area contributed by atoms with Crippen LogP contribution in [0.3, 0.4) is 0 Å². The molecule has 6 nitrogen and oxygen atoms in total. The Balaban J connectivity index is 1.49. The van der Waals surface area contributed by atoms with Crippen molar-refractivity contribution in [1.29, 1.82) is 0 Å². The highest BCUT2D eigenvalue weighted by Gasteiger charge is 2.29. The molecule has 0 saturated carbocycles. The maximum Gasteiger partial charge on any atom is 0.243 e. The molecule has 32 heavy (non-hydrogen) atoms. The lowest BCUT2D eigenvalue weighted by molar-refractivity contribution is 0.423. The maximum atomic E-state index is 13.1. The third-order valence-electron chi connectivity index (χ3n) is 6.05. The molecule has 172 valence electrons. The predicted octanol–water partition coefficient (Wildman–Crippen LogP) is 3.87. The van der Waals surface area contributed by atoms with Crippen molar-refractivity contribution in [3.05, 3.63) is 66.0 Å². The highest BCUT2D eigenvalue weighted by molar-refractivity contribution is 7.89. The summed E-state index contributed by atoms with van der Waals surface area (Å²) < 4.78 is 68.0. The van der Waals surface area contributed by atoms with Gasteiger partial charge in [-0.15, -0.1) is 0 Å². The second-order valence-electron chi connectivity index (χ2n) is 8.14. The van der Waals surface area contributed by atoms with Crippen molar-refractivity contribution in [2.45, 2.75) is 41.9 Å². The third kappa shape index (κ3) is 4.80. The molecule has 2 aliphatic rings. The van der Waals surface area contributed by atoms with E-state index < -0.39 is 20.0 Å². The zero-order valence-electron chi connectivity index (χ0n) is 17.8. The summed E-state index contributed by atoms with van der Waals surface area (Å²) in [6.45, 7) is 1.51. The standard InChI is InChI=1S/C23H27FN2O4S2/c24-21-7-5-19(6-8-21)20-13-17-26(18-14-20)32(29,30)23-11-9-22(10-12-23)31(27,28)25-15-3-1-2-4-16-25/h5-13H,1-4,14-18H2. The predicted molar refractivity (Wildman–Crippen MR) is 121 cm³/mol. The Morgan fingerprint density at radius 1 is 0.656 bits per heavy atom. The van der Waals surface area contributed by atoms with E-state index in [0.29, 0.717) is 26.1 Å². The van der Waals surface area contributed by atoms with E-state index in [2.05, 4.69) is 0 Å². The Hall–Kier alpha value is -2.07. The van der Waals surface area contributed by atoms with Gasteiger partial charge in [-0.05, 0) is 66.8 Å². The van der Waals surface area contributed by atoms with E-state index in [4.69, 9.17) is 0 Å². The summed E-state index contributed by atoms with van der Waals surface area (Å²) in [6.07, 6.45) is 6.09. The van der Waals surface area contributed by atoms with Crippen molar-refractivity contribution in [3.63, 3.8) is 0 Å². The summed E-state index contributed by atoms with van der Waals surface area (Å²) in [6, 6.07) is 11.7. The van der Waals surface area contributed by atoms with Gasteiger partial charge in [0.15, 0.2) is 0 Å². The Kier molecular flexibility index (Phi) is 6.80. The summed E-state index contributed by atoms with van der Waals surface area (Å²) in [5, 5.41) is 0. The molecule has 0 amide bonds. The number of hydrogen-bond acceptors (Lipinski definition) is 4. The van der Waals surface area contributed by atoms with E-state index in [1.165, 1.54) is 45.0 Å². The van der Waals surface area contributed by atoms with Gasteiger partial charge in [0.1, 0.15) is 5.82 Å². The van der Waals surface area contributed by atoms with Crippen molar-refractivity contribution < 1.29 is 21.2 Å². The summed E-state index contributed by atoms with van der Waals surface area (Å²) in [5.74, 6) is -0.310. The normalized spacial score (nSPS) is 19.3. The number of sulfonamides is 2. The zero-order valence-corrected chi connectivity index (χ0v) is 19.4. The van der Waals surface area contributed by atoms with Crippen LogP contribution in [0.25, 0.3) is 5.57 Å². The molecule has 2 aliphatic heterocycles. The average Bonchev–Trinajstić information content (AvgIpc) is 3.10. The van der Waals surface area contributed by atoms with Gasteiger partial charge in [0.2, 0.25) is 20.0 Å². The molecule has 0 N–H and O–H groups in total. The fourth-order valence-electron chi connectivity index (χ4n) is 4.16. The summed E-state index contributed by atoms with van der Waals surface area (Å²) in [7, 11) is -7.37.